The molecule has 0 saturated heterocycles. The summed E-state index contributed by atoms with van der Waals surface area (Å²) in [6.07, 6.45) is 3.25. The van der Waals surface area contributed by atoms with E-state index in [-0.39, 0.29) is 5.41 Å². The Morgan fingerprint density at radius 3 is 2.85 bits per heavy atom. The second kappa shape index (κ2) is 6.10. The molecule has 0 aromatic carbocycles. The van der Waals surface area contributed by atoms with Gasteiger partial charge < -0.3 is 15.4 Å². The van der Waals surface area contributed by atoms with Crippen LogP contribution in [0.4, 0.5) is 0 Å². The number of hydrogen-bond acceptors (Lipinski definition) is 4. The van der Waals surface area contributed by atoms with E-state index in [1.54, 1.807) is 25.5 Å². The highest BCUT2D eigenvalue weighted by atomic mass is 32.1. The first-order valence-electron chi connectivity index (χ1n) is 6.88. The standard InChI is InChI=1S/C14H24N4OS/c1-9-16-7-10(20-9)8-17-13(15-4)18-11-6-12(19-5)14(11,2)3/h7,11-12H,6,8H2,1-5H3,(H2,15,17,18). The summed E-state index contributed by atoms with van der Waals surface area (Å²) in [7, 11) is 3.58. The zero-order valence-electron chi connectivity index (χ0n) is 12.9. The molecule has 1 aliphatic rings. The Hall–Kier alpha value is -1.14. The summed E-state index contributed by atoms with van der Waals surface area (Å²) in [6.45, 7) is 7.22. The predicted molar refractivity (Wildman–Crippen MR) is 83.2 cm³/mol. The van der Waals surface area contributed by atoms with Crippen molar-refractivity contribution < 1.29 is 4.74 Å². The molecule has 112 valence electrons. The average Bonchev–Trinajstić information content (AvgIpc) is 2.83. The molecule has 0 spiro atoms. The molecule has 1 aromatic heterocycles. The summed E-state index contributed by atoms with van der Waals surface area (Å²) in [4.78, 5) is 9.76. The van der Waals surface area contributed by atoms with Gasteiger partial charge in [-0.3, -0.25) is 4.99 Å². The van der Waals surface area contributed by atoms with Crippen LogP contribution in [-0.2, 0) is 11.3 Å². The molecule has 1 aromatic rings. The molecule has 0 aliphatic heterocycles. The second-order valence-corrected chi connectivity index (χ2v) is 7.07. The van der Waals surface area contributed by atoms with Crippen molar-refractivity contribution in [2.45, 2.75) is 45.9 Å². The van der Waals surface area contributed by atoms with E-state index < -0.39 is 0 Å². The zero-order chi connectivity index (χ0) is 14.8. The smallest absolute Gasteiger partial charge is 0.191 e. The molecule has 1 heterocycles. The van der Waals surface area contributed by atoms with E-state index in [4.69, 9.17) is 4.74 Å². The molecule has 5 nitrogen and oxygen atoms in total. The van der Waals surface area contributed by atoms with Crippen molar-refractivity contribution >= 4 is 17.3 Å². The lowest BCUT2D eigenvalue weighted by atomic mass is 9.64. The highest BCUT2D eigenvalue weighted by Gasteiger charge is 2.48. The van der Waals surface area contributed by atoms with Crippen LogP contribution in [0.1, 0.15) is 30.2 Å². The van der Waals surface area contributed by atoms with Gasteiger partial charge in [-0.15, -0.1) is 11.3 Å². The molecule has 1 saturated carbocycles. The van der Waals surface area contributed by atoms with Crippen LogP contribution in [0.2, 0.25) is 0 Å². The summed E-state index contributed by atoms with van der Waals surface area (Å²) >= 11 is 1.71. The normalized spacial score (nSPS) is 25.1. The van der Waals surface area contributed by atoms with Gasteiger partial charge in [0.15, 0.2) is 5.96 Å². The number of nitrogens with zero attached hydrogens (tertiary/aromatic N) is 2. The third kappa shape index (κ3) is 3.12. The molecule has 0 radical (unpaired) electrons. The topological polar surface area (TPSA) is 58.5 Å². The van der Waals surface area contributed by atoms with Crippen molar-refractivity contribution in [2.75, 3.05) is 14.2 Å². The predicted octanol–water partition coefficient (Wildman–Crippen LogP) is 1.93. The fourth-order valence-corrected chi connectivity index (χ4v) is 3.28. The average molecular weight is 296 g/mol. The van der Waals surface area contributed by atoms with Crippen LogP contribution < -0.4 is 10.6 Å². The van der Waals surface area contributed by atoms with E-state index in [1.165, 1.54) is 4.88 Å². The fraction of sp³-hybridized carbons (Fsp3) is 0.714. The quantitative estimate of drug-likeness (QED) is 0.658. The van der Waals surface area contributed by atoms with Gasteiger partial charge in [-0.05, 0) is 13.3 Å². The van der Waals surface area contributed by atoms with Crippen LogP contribution in [0.15, 0.2) is 11.2 Å². The number of methoxy groups -OCH3 is 1. The number of nitrogens with one attached hydrogen (secondary N) is 2. The van der Waals surface area contributed by atoms with Gasteiger partial charge in [0.05, 0.1) is 17.7 Å². The van der Waals surface area contributed by atoms with Crippen molar-refractivity contribution in [3.63, 3.8) is 0 Å². The Balaban J connectivity index is 1.85. The van der Waals surface area contributed by atoms with E-state index >= 15 is 0 Å². The molecule has 2 N–H and O–H groups in total. The van der Waals surface area contributed by atoms with Crippen LogP contribution >= 0.6 is 11.3 Å². The van der Waals surface area contributed by atoms with E-state index in [0.717, 1.165) is 23.9 Å². The van der Waals surface area contributed by atoms with Gasteiger partial charge in [0.25, 0.3) is 0 Å². The first-order chi connectivity index (χ1) is 9.47. The van der Waals surface area contributed by atoms with Gasteiger partial charge in [0.2, 0.25) is 0 Å². The summed E-state index contributed by atoms with van der Waals surface area (Å²) in [5, 5.41) is 7.91. The van der Waals surface area contributed by atoms with Crippen LogP contribution in [0.3, 0.4) is 0 Å². The zero-order valence-corrected chi connectivity index (χ0v) is 13.7. The maximum atomic E-state index is 5.47. The highest BCUT2D eigenvalue weighted by molar-refractivity contribution is 7.11. The fourth-order valence-electron chi connectivity index (χ4n) is 2.55. The second-order valence-electron chi connectivity index (χ2n) is 5.75. The number of thiazole rings is 1. The van der Waals surface area contributed by atoms with Crippen molar-refractivity contribution in [2.24, 2.45) is 10.4 Å². The van der Waals surface area contributed by atoms with Crippen LogP contribution in [0.5, 0.6) is 0 Å². The summed E-state index contributed by atoms with van der Waals surface area (Å²) in [5.74, 6) is 0.837. The minimum atomic E-state index is 0.132. The van der Waals surface area contributed by atoms with Gasteiger partial charge in [-0.1, -0.05) is 13.8 Å². The maximum absolute atomic E-state index is 5.47. The molecule has 6 heteroatoms. The van der Waals surface area contributed by atoms with Crippen LogP contribution in [0, 0.1) is 12.3 Å². The number of rotatable bonds is 4. The summed E-state index contributed by atoms with van der Waals surface area (Å²) in [5.41, 5.74) is 0.132. The Morgan fingerprint density at radius 2 is 2.35 bits per heavy atom. The molecule has 2 rings (SSSR count). The Labute approximate surface area is 124 Å². The monoisotopic (exact) mass is 296 g/mol. The lowest BCUT2D eigenvalue weighted by molar-refractivity contribution is -0.0922. The molecule has 20 heavy (non-hydrogen) atoms. The first kappa shape index (κ1) is 15.3. The number of ether oxygens (including phenoxy) is 1. The lowest BCUT2D eigenvalue weighted by Crippen LogP contribution is -2.63. The molecule has 1 fully saturated rings. The Bertz CT molecular complexity index is 483. The SMILES string of the molecule is CN=C(NCc1cnc(C)s1)NC1CC(OC)C1(C)C. The molecule has 0 bridgehead atoms. The molecule has 2 atom stereocenters. The first-order valence-corrected chi connectivity index (χ1v) is 7.70. The van der Waals surface area contributed by atoms with Crippen LogP contribution in [-0.4, -0.2) is 37.2 Å². The van der Waals surface area contributed by atoms with Gasteiger partial charge >= 0.3 is 0 Å². The third-order valence-electron chi connectivity index (χ3n) is 4.10. The number of aromatic nitrogens is 1. The third-order valence-corrected chi connectivity index (χ3v) is 5.01. The molecule has 1 aliphatic carbocycles. The van der Waals surface area contributed by atoms with Gasteiger partial charge in [0.1, 0.15) is 0 Å². The van der Waals surface area contributed by atoms with Crippen LogP contribution in [0.25, 0.3) is 0 Å². The number of guanidine groups is 1. The summed E-state index contributed by atoms with van der Waals surface area (Å²) < 4.78 is 5.47. The Morgan fingerprint density at radius 1 is 1.60 bits per heavy atom. The van der Waals surface area contributed by atoms with Gasteiger partial charge in [0, 0.05) is 36.7 Å². The number of aryl methyl sites for hydroxylation is 1. The largest absolute Gasteiger partial charge is 0.381 e. The van der Waals surface area contributed by atoms with Crippen molar-refractivity contribution in [1.29, 1.82) is 0 Å². The molecule has 2 unspecified atom stereocenters. The summed E-state index contributed by atoms with van der Waals surface area (Å²) in [6, 6.07) is 0.391. The molecule has 0 amide bonds. The lowest BCUT2D eigenvalue weighted by Gasteiger charge is -2.51. The van der Waals surface area contributed by atoms with Gasteiger partial charge in [-0.2, -0.15) is 0 Å². The van der Waals surface area contributed by atoms with Gasteiger partial charge in [-0.25, -0.2) is 4.98 Å². The van der Waals surface area contributed by atoms with E-state index in [1.807, 2.05) is 13.1 Å². The molecular weight excluding hydrogens is 272 g/mol. The van der Waals surface area contributed by atoms with Crippen molar-refractivity contribution in [3.05, 3.63) is 16.1 Å². The number of aliphatic imine (C=N–C) groups is 1. The minimum Gasteiger partial charge on any atom is -0.381 e. The maximum Gasteiger partial charge on any atom is 0.191 e. The van der Waals surface area contributed by atoms with E-state index in [2.05, 4.69) is 34.5 Å². The Kier molecular flexibility index (Phi) is 4.65. The highest BCUT2D eigenvalue weighted by Crippen LogP contribution is 2.42. The van der Waals surface area contributed by atoms with Crippen molar-refractivity contribution in [1.82, 2.24) is 15.6 Å². The molecular formula is C14H24N4OS. The van der Waals surface area contributed by atoms with Crippen molar-refractivity contribution in [3.8, 4) is 0 Å². The van der Waals surface area contributed by atoms with E-state index in [0.29, 0.717) is 12.1 Å². The van der Waals surface area contributed by atoms with E-state index in [9.17, 15) is 0 Å². The number of hydrogen-bond donors (Lipinski definition) is 2. The minimum absolute atomic E-state index is 0.132.